The van der Waals surface area contributed by atoms with E-state index in [0.717, 1.165) is 16.8 Å². The van der Waals surface area contributed by atoms with E-state index < -0.39 is 5.82 Å². The van der Waals surface area contributed by atoms with E-state index >= 15 is 0 Å². The molecule has 1 aliphatic carbocycles. The van der Waals surface area contributed by atoms with Gasteiger partial charge >= 0.3 is 0 Å². The van der Waals surface area contributed by atoms with Crippen molar-refractivity contribution in [2.75, 3.05) is 0 Å². The van der Waals surface area contributed by atoms with Gasteiger partial charge in [-0.05, 0) is 36.8 Å². The molecule has 2 aliphatic rings. The highest BCUT2D eigenvalue weighted by atomic mass is 19.1. The quantitative estimate of drug-likeness (QED) is 0.855. The van der Waals surface area contributed by atoms with E-state index in [9.17, 15) is 9.18 Å². The second-order valence-corrected chi connectivity index (χ2v) is 5.60. The van der Waals surface area contributed by atoms with Gasteiger partial charge in [0.2, 0.25) is 0 Å². The molecule has 1 aromatic heterocycles. The minimum absolute atomic E-state index is 0.0105. The van der Waals surface area contributed by atoms with Gasteiger partial charge in [-0.2, -0.15) is 0 Å². The van der Waals surface area contributed by atoms with Crippen molar-refractivity contribution in [2.24, 2.45) is 4.99 Å². The summed E-state index contributed by atoms with van der Waals surface area (Å²) in [4.78, 5) is 20.1. The van der Waals surface area contributed by atoms with E-state index in [-0.39, 0.29) is 11.5 Å². The monoisotopic (exact) mass is 320 g/mol. The number of aromatic nitrogens is 1. The summed E-state index contributed by atoms with van der Waals surface area (Å²) in [6.45, 7) is 1.83. The number of rotatable bonds is 3. The average molecular weight is 320 g/mol. The standard InChI is InChI=1S/C19H13FN2O2/c1-11-18(14-5-6-16(23)19(14)22-11)12-4-7-17(15(20)9-12)24-13-3-2-8-21-10-13/h2-5,7-10H,6H2,1H3. The van der Waals surface area contributed by atoms with Crippen LogP contribution in [-0.4, -0.2) is 16.5 Å². The van der Waals surface area contributed by atoms with Crippen LogP contribution < -0.4 is 4.74 Å². The van der Waals surface area contributed by atoms with Gasteiger partial charge in [0.1, 0.15) is 11.5 Å². The molecule has 0 atom stereocenters. The fraction of sp³-hybridized carbons (Fsp3) is 0.105. The van der Waals surface area contributed by atoms with Crippen LogP contribution in [0.15, 0.2) is 65.1 Å². The molecule has 1 aromatic carbocycles. The summed E-state index contributed by atoms with van der Waals surface area (Å²) in [5.74, 6) is 0.127. The molecule has 0 fully saturated rings. The van der Waals surface area contributed by atoms with Crippen molar-refractivity contribution in [3.63, 3.8) is 0 Å². The summed E-state index contributed by atoms with van der Waals surface area (Å²) >= 11 is 0. The molecular weight excluding hydrogens is 307 g/mol. The van der Waals surface area contributed by atoms with Crippen molar-refractivity contribution in [1.29, 1.82) is 0 Å². The van der Waals surface area contributed by atoms with Crippen LogP contribution in [0.3, 0.4) is 0 Å². The first-order valence-electron chi connectivity index (χ1n) is 7.55. The third kappa shape index (κ3) is 2.34. The Hall–Kier alpha value is -3.08. The zero-order chi connectivity index (χ0) is 16.7. The van der Waals surface area contributed by atoms with E-state index in [1.165, 1.54) is 12.3 Å². The number of Topliss-reactive ketones (excluding diaryl/α,β-unsaturated/α-hetero) is 1. The van der Waals surface area contributed by atoms with Crippen LogP contribution in [0.1, 0.15) is 18.9 Å². The largest absolute Gasteiger partial charge is 0.453 e. The Kier molecular flexibility index (Phi) is 3.34. The Labute approximate surface area is 138 Å². The summed E-state index contributed by atoms with van der Waals surface area (Å²) < 4.78 is 20.0. The first-order chi connectivity index (χ1) is 11.6. The normalized spacial score (nSPS) is 16.2. The summed E-state index contributed by atoms with van der Waals surface area (Å²) in [7, 11) is 0. The highest BCUT2D eigenvalue weighted by Gasteiger charge is 2.31. The lowest BCUT2D eigenvalue weighted by Crippen LogP contribution is -2.06. The summed E-state index contributed by atoms with van der Waals surface area (Å²) in [6.07, 6.45) is 5.35. The maximum atomic E-state index is 14.4. The van der Waals surface area contributed by atoms with Gasteiger partial charge in [-0.15, -0.1) is 0 Å². The molecule has 118 valence electrons. The Morgan fingerprint density at radius 1 is 1.25 bits per heavy atom. The first kappa shape index (κ1) is 14.5. The van der Waals surface area contributed by atoms with Gasteiger partial charge < -0.3 is 4.74 Å². The molecule has 1 aliphatic heterocycles. The number of pyridine rings is 1. The van der Waals surface area contributed by atoms with Crippen molar-refractivity contribution in [1.82, 2.24) is 4.98 Å². The predicted octanol–water partition coefficient (Wildman–Crippen LogP) is 4.10. The molecule has 0 radical (unpaired) electrons. The van der Waals surface area contributed by atoms with Crippen LogP contribution in [0.2, 0.25) is 0 Å². The Bertz CT molecular complexity index is 943. The van der Waals surface area contributed by atoms with Crippen molar-refractivity contribution >= 4 is 17.1 Å². The number of halogens is 1. The van der Waals surface area contributed by atoms with Crippen LogP contribution in [0.25, 0.3) is 5.57 Å². The van der Waals surface area contributed by atoms with Gasteiger partial charge in [-0.25, -0.2) is 9.38 Å². The number of carbonyl (C=O) groups is 1. The average Bonchev–Trinajstić information content (AvgIpc) is 3.09. The lowest BCUT2D eigenvalue weighted by molar-refractivity contribution is -0.111. The van der Waals surface area contributed by atoms with Crippen LogP contribution in [0.4, 0.5) is 4.39 Å². The zero-order valence-corrected chi connectivity index (χ0v) is 12.9. The molecule has 2 heterocycles. The smallest absolute Gasteiger partial charge is 0.185 e. The van der Waals surface area contributed by atoms with Crippen molar-refractivity contribution in [2.45, 2.75) is 13.3 Å². The second kappa shape index (κ2) is 5.53. The number of benzene rings is 1. The van der Waals surface area contributed by atoms with Crippen molar-refractivity contribution in [3.05, 3.63) is 71.5 Å². The Balaban J connectivity index is 1.66. The van der Waals surface area contributed by atoms with E-state index in [2.05, 4.69) is 9.98 Å². The molecule has 2 aromatic rings. The summed E-state index contributed by atoms with van der Waals surface area (Å²) in [5, 5.41) is 0. The topological polar surface area (TPSA) is 51.5 Å². The highest BCUT2D eigenvalue weighted by molar-refractivity contribution is 6.53. The third-order valence-electron chi connectivity index (χ3n) is 4.00. The molecule has 0 bridgehead atoms. The lowest BCUT2D eigenvalue weighted by Gasteiger charge is -2.10. The minimum atomic E-state index is -0.477. The highest BCUT2D eigenvalue weighted by Crippen LogP contribution is 2.38. The fourth-order valence-electron chi connectivity index (χ4n) is 2.94. The molecule has 0 saturated heterocycles. The minimum Gasteiger partial charge on any atom is -0.453 e. The number of hydrogen-bond acceptors (Lipinski definition) is 4. The number of ether oxygens (including phenoxy) is 1. The van der Waals surface area contributed by atoms with E-state index in [4.69, 9.17) is 4.74 Å². The number of aliphatic imine (C=N–C) groups is 1. The van der Waals surface area contributed by atoms with Crippen LogP contribution in [0.5, 0.6) is 11.5 Å². The molecule has 0 unspecified atom stereocenters. The van der Waals surface area contributed by atoms with Gasteiger partial charge in [0.05, 0.1) is 6.20 Å². The molecule has 5 heteroatoms. The number of carbonyl (C=O) groups excluding carboxylic acids is 1. The summed E-state index contributed by atoms with van der Waals surface area (Å²) in [6, 6.07) is 8.19. The van der Waals surface area contributed by atoms with Gasteiger partial charge in [0.15, 0.2) is 17.3 Å². The van der Waals surface area contributed by atoms with Gasteiger partial charge in [0.25, 0.3) is 0 Å². The molecule has 0 amide bonds. The van der Waals surface area contributed by atoms with Crippen molar-refractivity contribution in [3.8, 4) is 11.5 Å². The lowest BCUT2D eigenvalue weighted by atomic mass is 9.97. The number of allylic oxidation sites excluding steroid dienone is 4. The molecule has 4 rings (SSSR count). The van der Waals surface area contributed by atoms with E-state index in [0.29, 0.717) is 23.4 Å². The molecule has 0 spiro atoms. The molecule has 0 N–H and O–H groups in total. The van der Waals surface area contributed by atoms with Crippen LogP contribution >= 0.6 is 0 Å². The molecule has 4 nitrogen and oxygen atoms in total. The second-order valence-electron chi connectivity index (χ2n) is 5.60. The third-order valence-corrected chi connectivity index (χ3v) is 4.00. The summed E-state index contributed by atoms with van der Waals surface area (Å²) in [5.41, 5.74) is 3.51. The number of nitrogens with zero attached hydrogens (tertiary/aromatic N) is 2. The van der Waals surface area contributed by atoms with Gasteiger partial charge in [-0.3, -0.25) is 9.78 Å². The Morgan fingerprint density at radius 3 is 2.88 bits per heavy atom. The number of ketones is 1. The SMILES string of the molecule is CC1=C(c2ccc(Oc3cccnc3)c(F)c2)C2=CCC(=O)C2=N1. The molecular formula is C19H13FN2O2. The Morgan fingerprint density at radius 2 is 2.12 bits per heavy atom. The van der Waals surface area contributed by atoms with Crippen molar-refractivity contribution < 1.29 is 13.9 Å². The van der Waals surface area contributed by atoms with Crippen LogP contribution in [0, 0.1) is 5.82 Å². The van der Waals surface area contributed by atoms with E-state index in [1.54, 1.807) is 30.5 Å². The predicted molar refractivity (Wildman–Crippen MR) is 88.4 cm³/mol. The van der Waals surface area contributed by atoms with E-state index in [1.807, 2.05) is 13.0 Å². The molecule has 0 saturated carbocycles. The molecule has 24 heavy (non-hydrogen) atoms. The van der Waals surface area contributed by atoms with Gasteiger partial charge in [-0.1, -0.05) is 12.1 Å². The number of fused-ring (bicyclic) bond motifs is 1. The maximum Gasteiger partial charge on any atom is 0.185 e. The van der Waals surface area contributed by atoms with Gasteiger partial charge in [0, 0.05) is 29.5 Å². The zero-order valence-electron chi connectivity index (χ0n) is 12.9. The fourth-order valence-corrected chi connectivity index (χ4v) is 2.94. The number of hydrogen-bond donors (Lipinski definition) is 0. The first-order valence-corrected chi connectivity index (χ1v) is 7.55. The van der Waals surface area contributed by atoms with Crippen LogP contribution in [-0.2, 0) is 4.79 Å². The maximum absolute atomic E-state index is 14.4.